The van der Waals surface area contributed by atoms with E-state index in [0.717, 1.165) is 18.6 Å². The van der Waals surface area contributed by atoms with Crippen LogP contribution in [-0.2, 0) is 0 Å². The Labute approximate surface area is 164 Å². The van der Waals surface area contributed by atoms with Gasteiger partial charge in [-0.1, -0.05) is 78.8 Å². The minimum atomic E-state index is -1.39. The van der Waals surface area contributed by atoms with Crippen molar-refractivity contribution in [2.75, 3.05) is 18.1 Å². The van der Waals surface area contributed by atoms with E-state index in [4.69, 9.17) is 5.11 Å². The van der Waals surface area contributed by atoms with E-state index in [2.05, 4.69) is 45.3 Å². The molecule has 0 aromatic heterocycles. The van der Waals surface area contributed by atoms with Crippen LogP contribution in [0.25, 0.3) is 0 Å². The van der Waals surface area contributed by atoms with Crippen molar-refractivity contribution in [2.45, 2.75) is 110 Å². The van der Waals surface area contributed by atoms with Crippen LogP contribution in [0.2, 0.25) is 18.1 Å². The second kappa shape index (κ2) is 15.2. The Bertz CT molecular complexity index is 362. The van der Waals surface area contributed by atoms with E-state index in [1.165, 1.54) is 63.5 Å². The van der Waals surface area contributed by atoms with E-state index in [9.17, 15) is 0 Å². The van der Waals surface area contributed by atoms with Crippen LogP contribution in [0, 0.1) is 11.5 Å². The number of rotatable bonds is 14. The van der Waals surface area contributed by atoms with Gasteiger partial charge in [0.1, 0.15) is 8.07 Å². The zero-order valence-corrected chi connectivity index (χ0v) is 19.6. The molecule has 0 aliphatic heterocycles. The summed E-state index contributed by atoms with van der Waals surface area (Å²) in [6, 6.07) is 0. The van der Waals surface area contributed by atoms with Crippen molar-refractivity contribution in [1.82, 2.24) is 0 Å². The van der Waals surface area contributed by atoms with Crippen molar-refractivity contribution in [3.63, 3.8) is 0 Å². The smallest absolute Gasteiger partial charge is 0.137 e. The molecule has 0 fully saturated rings. The Balaban J connectivity index is 3.35. The molecular formula is C22H44OSSi. The fourth-order valence-corrected chi connectivity index (χ4v) is 4.28. The van der Waals surface area contributed by atoms with Crippen molar-refractivity contribution in [3.8, 4) is 11.5 Å². The maximum absolute atomic E-state index is 8.71. The van der Waals surface area contributed by atoms with E-state index in [1.54, 1.807) is 0 Å². The first-order chi connectivity index (χ1) is 11.8. The standard InChI is InChI=1S/C22H44OSSi/c1-22(2,3)25(4,5)21-16-14-12-10-8-6-7-9-11-13-15-19-24-20-17-18-23/h23H,6-15,17-20H2,1-5H3. The van der Waals surface area contributed by atoms with Crippen molar-refractivity contribution in [2.24, 2.45) is 0 Å². The molecule has 0 spiro atoms. The lowest BCUT2D eigenvalue weighted by Gasteiger charge is -2.31. The van der Waals surface area contributed by atoms with Gasteiger partial charge in [-0.2, -0.15) is 11.8 Å². The van der Waals surface area contributed by atoms with E-state index < -0.39 is 8.07 Å². The van der Waals surface area contributed by atoms with Crippen LogP contribution >= 0.6 is 11.8 Å². The SMILES string of the molecule is CC(C)(C)[Si](C)(C)C#CCCCCCCCCCCCSCCCO. The molecule has 0 aromatic rings. The predicted molar refractivity (Wildman–Crippen MR) is 120 cm³/mol. The summed E-state index contributed by atoms with van der Waals surface area (Å²) in [7, 11) is -1.39. The lowest BCUT2D eigenvalue weighted by Crippen LogP contribution is -2.35. The Morgan fingerprint density at radius 3 is 1.76 bits per heavy atom. The molecule has 1 nitrogen and oxygen atoms in total. The minimum absolute atomic E-state index is 0.343. The van der Waals surface area contributed by atoms with Gasteiger partial charge in [-0.3, -0.25) is 0 Å². The topological polar surface area (TPSA) is 20.2 Å². The second-order valence-electron chi connectivity index (χ2n) is 8.80. The van der Waals surface area contributed by atoms with Crippen molar-refractivity contribution >= 4 is 19.8 Å². The van der Waals surface area contributed by atoms with Gasteiger partial charge in [0.15, 0.2) is 0 Å². The first kappa shape index (κ1) is 25.1. The zero-order chi connectivity index (χ0) is 19.0. The van der Waals surface area contributed by atoms with Crippen LogP contribution in [0.15, 0.2) is 0 Å². The van der Waals surface area contributed by atoms with Gasteiger partial charge in [0.05, 0.1) is 0 Å². The molecule has 0 saturated heterocycles. The maximum Gasteiger partial charge on any atom is 0.137 e. The van der Waals surface area contributed by atoms with Crippen molar-refractivity contribution < 1.29 is 5.11 Å². The molecule has 0 amide bonds. The summed E-state index contributed by atoms with van der Waals surface area (Å²) >= 11 is 1.99. The molecule has 0 unspecified atom stereocenters. The first-order valence-corrected chi connectivity index (χ1v) is 14.7. The largest absolute Gasteiger partial charge is 0.396 e. The van der Waals surface area contributed by atoms with Gasteiger partial charge < -0.3 is 5.11 Å². The summed E-state index contributed by atoms with van der Waals surface area (Å²) < 4.78 is 0. The molecular weight excluding hydrogens is 340 g/mol. The lowest BCUT2D eigenvalue weighted by atomic mass is 10.1. The second-order valence-corrected chi connectivity index (χ2v) is 15.0. The third-order valence-electron chi connectivity index (χ3n) is 5.31. The summed E-state index contributed by atoms with van der Waals surface area (Å²) in [6.45, 7) is 12.1. The molecule has 1 N–H and O–H groups in total. The molecule has 0 rings (SSSR count). The van der Waals surface area contributed by atoms with Crippen molar-refractivity contribution in [3.05, 3.63) is 0 Å². The number of thioether (sulfide) groups is 1. The van der Waals surface area contributed by atoms with E-state index >= 15 is 0 Å². The third-order valence-corrected chi connectivity index (χ3v) is 11.0. The van der Waals surface area contributed by atoms with E-state index in [1.807, 2.05) is 11.8 Å². The molecule has 0 radical (unpaired) electrons. The highest BCUT2D eigenvalue weighted by atomic mass is 32.2. The molecule has 148 valence electrons. The number of hydrogen-bond donors (Lipinski definition) is 1. The summed E-state index contributed by atoms with van der Waals surface area (Å²) in [5.74, 6) is 5.87. The zero-order valence-electron chi connectivity index (χ0n) is 17.8. The normalized spacial score (nSPS) is 12.1. The number of aliphatic hydroxyl groups is 1. The molecule has 0 bridgehead atoms. The molecule has 0 saturated carbocycles. The molecule has 0 atom stereocenters. The Kier molecular flexibility index (Phi) is 15.2. The average molecular weight is 385 g/mol. The monoisotopic (exact) mass is 384 g/mol. The summed E-state index contributed by atoms with van der Waals surface area (Å²) in [6.07, 6.45) is 14.4. The highest BCUT2D eigenvalue weighted by molar-refractivity contribution is 7.99. The number of unbranched alkanes of at least 4 members (excludes halogenated alkanes) is 9. The fraction of sp³-hybridized carbons (Fsp3) is 0.909. The van der Waals surface area contributed by atoms with Crippen molar-refractivity contribution in [1.29, 1.82) is 0 Å². The molecule has 0 aliphatic carbocycles. The van der Waals surface area contributed by atoms with Gasteiger partial charge in [-0.15, -0.1) is 11.5 Å². The number of aliphatic hydroxyl groups excluding tert-OH is 1. The molecule has 0 heterocycles. The van der Waals surface area contributed by atoms with Crippen LogP contribution < -0.4 is 0 Å². The highest BCUT2D eigenvalue weighted by Crippen LogP contribution is 2.35. The van der Waals surface area contributed by atoms with Crippen LogP contribution in [0.4, 0.5) is 0 Å². The van der Waals surface area contributed by atoms with Gasteiger partial charge in [0, 0.05) is 13.0 Å². The molecule has 3 heteroatoms. The van der Waals surface area contributed by atoms with Gasteiger partial charge in [0.25, 0.3) is 0 Å². The maximum atomic E-state index is 8.71. The summed E-state index contributed by atoms with van der Waals surface area (Å²) in [4.78, 5) is 0. The van der Waals surface area contributed by atoms with E-state index in [-0.39, 0.29) is 0 Å². The van der Waals surface area contributed by atoms with Crippen LogP contribution in [0.5, 0.6) is 0 Å². The quantitative estimate of drug-likeness (QED) is 0.196. The van der Waals surface area contributed by atoms with Gasteiger partial charge in [-0.05, 0) is 35.8 Å². The van der Waals surface area contributed by atoms with E-state index in [0.29, 0.717) is 11.6 Å². The van der Waals surface area contributed by atoms with Crippen LogP contribution in [0.1, 0.15) is 91.4 Å². The fourth-order valence-electron chi connectivity index (χ4n) is 2.39. The Morgan fingerprint density at radius 2 is 1.24 bits per heavy atom. The summed E-state index contributed by atoms with van der Waals surface area (Å²) in [5.41, 5.74) is 3.62. The van der Waals surface area contributed by atoms with Crippen LogP contribution in [0.3, 0.4) is 0 Å². The average Bonchev–Trinajstić information content (AvgIpc) is 2.53. The first-order valence-electron chi connectivity index (χ1n) is 10.5. The molecule has 25 heavy (non-hydrogen) atoms. The van der Waals surface area contributed by atoms with Gasteiger partial charge in [0.2, 0.25) is 0 Å². The van der Waals surface area contributed by atoms with Gasteiger partial charge >= 0.3 is 0 Å². The Morgan fingerprint density at radius 1 is 0.760 bits per heavy atom. The molecule has 0 aliphatic rings. The number of hydrogen-bond acceptors (Lipinski definition) is 2. The minimum Gasteiger partial charge on any atom is -0.396 e. The lowest BCUT2D eigenvalue weighted by molar-refractivity contribution is 0.296. The Hall–Kier alpha value is 0.0869. The predicted octanol–water partition coefficient (Wildman–Crippen LogP) is 7.05. The molecule has 0 aromatic carbocycles. The van der Waals surface area contributed by atoms with Gasteiger partial charge in [-0.25, -0.2) is 0 Å². The summed E-state index contributed by atoms with van der Waals surface area (Å²) in [5, 5.41) is 9.10. The van der Waals surface area contributed by atoms with Crippen LogP contribution in [-0.4, -0.2) is 31.3 Å². The third kappa shape index (κ3) is 14.9. The highest BCUT2D eigenvalue weighted by Gasteiger charge is 2.33.